The van der Waals surface area contributed by atoms with Crippen LogP contribution in [0.1, 0.15) is 19.6 Å². The lowest BCUT2D eigenvalue weighted by atomic mass is 10.1. The molecule has 1 atom stereocenters. The molecule has 2 aromatic carbocycles. The monoisotopic (exact) mass is 469 g/mol. The highest BCUT2D eigenvalue weighted by atomic mass is 32.2. The average Bonchev–Trinajstić information content (AvgIpc) is 3.43. The van der Waals surface area contributed by atoms with E-state index in [1.54, 1.807) is 38.1 Å². The van der Waals surface area contributed by atoms with E-state index in [0.717, 1.165) is 15.2 Å². The lowest BCUT2D eigenvalue weighted by Gasteiger charge is -2.21. The predicted octanol–water partition coefficient (Wildman–Crippen LogP) is 4.18. The van der Waals surface area contributed by atoms with E-state index in [9.17, 15) is 13.2 Å². The molecule has 166 valence electrons. The molecule has 0 unspecified atom stereocenters. The smallest absolute Gasteiger partial charge is 0.241 e. The van der Waals surface area contributed by atoms with Crippen LogP contribution in [-0.4, -0.2) is 25.4 Å². The summed E-state index contributed by atoms with van der Waals surface area (Å²) in [6.07, 6.45) is 0. The lowest BCUT2D eigenvalue weighted by molar-refractivity contribution is -0.123. The Kier molecular flexibility index (Phi) is 6.40. The van der Waals surface area contributed by atoms with Crippen LogP contribution in [-0.2, 0) is 21.4 Å². The van der Waals surface area contributed by atoms with Gasteiger partial charge in [-0.2, -0.15) is 4.72 Å². The van der Waals surface area contributed by atoms with Gasteiger partial charge in [-0.05, 0) is 42.3 Å². The van der Waals surface area contributed by atoms with Crippen molar-refractivity contribution < 1.29 is 17.6 Å². The van der Waals surface area contributed by atoms with Crippen molar-refractivity contribution in [2.24, 2.45) is 5.92 Å². The molecule has 0 aliphatic carbocycles. The van der Waals surface area contributed by atoms with Gasteiger partial charge >= 0.3 is 0 Å². The second-order valence-electron chi connectivity index (χ2n) is 7.63. The van der Waals surface area contributed by atoms with Gasteiger partial charge < -0.3 is 9.73 Å². The Hall–Kier alpha value is -3.01. The zero-order chi connectivity index (χ0) is 22.7. The van der Waals surface area contributed by atoms with Crippen LogP contribution in [0, 0.1) is 5.92 Å². The van der Waals surface area contributed by atoms with Crippen LogP contribution < -0.4 is 10.0 Å². The number of nitrogens with zero attached hydrogens (tertiary/aromatic N) is 1. The number of benzene rings is 2. The van der Waals surface area contributed by atoms with E-state index < -0.39 is 22.0 Å². The summed E-state index contributed by atoms with van der Waals surface area (Å²) in [6.45, 7) is 3.71. The molecule has 2 heterocycles. The molecule has 2 aromatic heterocycles. The highest BCUT2D eigenvalue weighted by molar-refractivity contribution is 7.89. The first-order valence-corrected chi connectivity index (χ1v) is 12.4. The minimum absolute atomic E-state index is 0.116. The molecular weight excluding hydrogens is 446 g/mol. The first-order valence-electron chi connectivity index (χ1n) is 10.1. The van der Waals surface area contributed by atoms with Crippen LogP contribution in [0.5, 0.6) is 0 Å². The Labute approximate surface area is 190 Å². The molecular formula is C23H23N3O4S2. The van der Waals surface area contributed by atoms with Gasteiger partial charge in [0.05, 0.1) is 21.7 Å². The van der Waals surface area contributed by atoms with Gasteiger partial charge in [0, 0.05) is 0 Å². The van der Waals surface area contributed by atoms with Gasteiger partial charge in [0.2, 0.25) is 15.9 Å². The third-order valence-electron chi connectivity index (χ3n) is 4.89. The fourth-order valence-electron chi connectivity index (χ4n) is 3.18. The van der Waals surface area contributed by atoms with E-state index in [1.807, 2.05) is 30.3 Å². The zero-order valence-electron chi connectivity index (χ0n) is 17.6. The molecule has 4 rings (SSSR count). The number of hydrogen-bond donors (Lipinski definition) is 2. The molecule has 2 N–H and O–H groups in total. The lowest BCUT2D eigenvalue weighted by Crippen LogP contribution is -2.49. The second kappa shape index (κ2) is 9.23. The van der Waals surface area contributed by atoms with Crippen molar-refractivity contribution in [1.82, 2.24) is 15.0 Å². The van der Waals surface area contributed by atoms with Crippen LogP contribution in [0.15, 0.2) is 76.0 Å². The third-order valence-corrected chi connectivity index (χ3v) is 7.40. The normalized spacial score (nSPS) is 12.8. The van der Waals surface area contributed by atoms with Crippen LogP contribution in [0.4, 0.5) is 0 Å². The Balaban J connectivity index is 1.43. The number of aromatic nitrogens is 1. The van der Waals surface area contributed by atoms with E-state index in [0.29, 0.717) is 11.5 Å². The summed E-state index contributed by atoms with van der Waals surface area (Å²) < 4.78 is 34.7. The molecule has 0 aliphatic heterocycles. The van der Waals surface area contributed by atoms with Crippen molar-refractivity contribution in [1.29, 1.82) is 0 Å². The van der Waals surface area contributed by atoms with Crippen molar-refractivity contribution in [2.45, 2.75) is 31.3 Å². The van der Waals surface area contributed by atoms with E-state index in [-0.39, 0.29) is 17.4 Å². The van der Waals surface area contributed by atoms with Gasteiger partial charge in [0.1, 0.15) is 11.8 Å². The number of sulfonamides is 1. The highest BCUT2D eigenvalue weighted by Crippen LogP contribution is 2.31. The first kappa shape index (κ1) is 22.2. The fourth-order valence-corrected chi connectivity index (χ4v) is 5.47. The summed E-state index contributed by atoms with van der Waals surface area (Å²) in [5.41, 5.74) is 0.907. The minimum atomic E-state index is -3.82. The predicted molar refractivity (Wildman–Crippen MR) is 125 cm³/mol. The number of furan rings is 1. The average molecular weight is 470 g/mol. The van der Waals surface area contributed by atoms with Crippen molar-refractivity contribution in [3.05, 3.63) is 72.5 Å². The molecule has 0 radical (unpaired) electrons. The SMILES string of the molecule is CC(C)[C@H](NS(=O)(=O)c1ccccc1)C(=O)NCc1ccc(-c2nc3ccccc3s2)o1. The number of nitrogens with one attached hydrogen (secondary N) is 2. The van der Waals surface area contributed by atoms with Crippen molar-refractivity contribution in [3.63, 3.8) is 0 Å². The van der Waals surface area contributed by atoms with Crippen molar-refractivity contribution >= 4 is 37.5 Å². The number of hydrogen-bond acceptors (Lipinski definition) is 6. The molecule has 9 heteroatoms. The van der Waals surface area contributed by atoms with Crippen LogP contribution in [0.2, 0.25) is 0 Å². The van der Waals surface area contributed by atoms with Crippen molar-refractivity contribution in [3.8, 4) is 10.8 Å². The topological polar surface area (TPSA) is 101 Å². The Morgan fingerprint density at radius 2 is 1.75 bits per heavy atom. The minimum Gasteiger partial charge on any atom is -0.457 e. The number of fused-ring (bicyclic) bond motifs is 1. The van der Waals surface area contributed by atoms with Crippen molar-refractivity contribution in [2.75, 3.05) is 0 Å². The summed E-state index contributed by atoms with van der Waals surface area (Å²) >= 11 is 1.53. The maximum atomic E-state index is 12.8. The molecule has 0 saturated heterocycles. The number of para-hydroxylation sites is 1. The first-order chi connectivity index (χ1) is 15.3. The number of carbonyl (C=O) groups is 1. The maximum Gasteiger partial charge on any atom is 0.241 e. The van der Waals surface area contributed by atoms with Gasteiger partial charge in [-0.3, -0.25) is 4.79 Å². The number of carbonyl (C=O) groups excluding carboxylic acids is 1. The van der Waals surface area contributed by atoms with E-state index in [2.05, 4.69) is 15.0 Å². The van der Waals surface area contributed by atoms with Gasteiger partial charge in [0.15, 0.2) is 10.8 Å². The van der Waals surface area contributed by atoms with Gasteiger partial charge in [-0.1, -0.05) is 44.2 Å². The fraction of sp³-hybridized carbons (Fsp3) is 0.217. The Morgan fingerprint density at radius 3 is 2.47 bits per heavy atom. The van der Waals surface area contributed by atoms with Gasteiger partial charge in [-0.25, -0.2) is 13.4 Å². The summed E-state index contributed by atoms with van der Waals surface area (Å²) in [6, 6.07) is 18.5. The molecule has 1 amide bonds. The quantitative estimate of drug-likeness (QED) is 0.403. The molecule has 0 spiro atoms. The summed E-state index contributed by atoms with van der Waals surface area (Å²) in [5.74, 6) is 0.516. The van der Waals surface area contributed by atoms with E-state index in [1.165, 1.54) is 23.5 Å². The maximum absolute atomic E-state index is 12.8. The van der Waals surface area contributed by atoms with E-state index in [4.69, 9.17) is 4.42 Å². The molecule has 4 aromatic rings. The third kappa shape index (κ3) is 4.90. The van der Waals surface area contributed by atoms with Gasteiger partial charge in [-0.15, -0.1) is 11.3 Å². The second-order valence-corrected chi connectivity index (χ2v) is 10.4. The van der Waals surface area contributed by atoms with Gasteiger partial charge in [0.25, 0.3) is 0 Å². The largest absolute Gasteiger partial charge is 0.457 e. The van der Waals surface area contributed by atoms with Crippen LogP contribution >= 0.6 is 11.3 Å². The number of rotatable bonds is 8. The molecule has 0 bridgehead atoms. The standard InChI is InChI=1S/C23H23N3O4S2/c1-15(2)21(26-32(28,29)17-8-4-3-5-9-17)22(27)24-14-16-12-13-19(30-16)23-25-18-10-6-7-11-20(18)31-23/h3-13,15,21,26H,14H2,1-2H3,(H,24,27)/t21-/m0/s1. The summed E-state index contributed by atoms with van der Waals surface area (Å²) in [5, 5.41) is 3.53. The Bertz CT molecular complexity index is 1290. The molecule has 0 aliphatic rings. The summed E-state index contributed by atoms with van der Waals surface area (Å²) in [4.78, 5) is 17.5. The van der Waals surface area contributed by atoms with Crippen LogP contribution in [0.25, 0.3) is 21.0 Å². The number of amides is 1. The summed E-state index contributed by atoms with van der Waals surface area (Å²) in [7, 11) is -3.82. The molecule has 7 nitrogen and oxygen atoms in total. The zero-order valence-corrected chi connectivity index (χ0v) is 19.2. The molecule has 0 saturated carbocycles. The molecule has 0 fully saturated rings. The van der Waals surface area contributed by atoms with E-state index >= 15 is 0 Å². The Morgan fingerprint density at radius 1 is 1.03 bits per heavy atom. The van der Waals surface area contributed by atoms with Crippen LogP contribution in [0.3, 0.4) is 0 Å². The highest BCUT2D eigenvalue weighted by Gasteiger charge is 2.28. The number of thiazole rings is 1. The molecule has 32 heavy (non-hydrogen) atoms.